The molecule has 2 aromatic carbocycles. The number of carboxylic acids is 1. The Kier molecular flexibility index (Phi) is 3.48. The highest BCUT2D eigenvalue weighted by molar-refractivity contribution is 5.83. The predicted molar refractivity (Wildman–Crippen MR) is 83.6 cm³/mol. The fraction of sp³-hybridized carbons (Fsp3) is 0.167. The van der Waals surface area contributed by atoms with E-state index in [4.69, 9.17) is 5.11 Å². The second-order valence-corrected chi connectivity index (χ2v) is 5.29. The Hall–Kier alpha value is -2.55. The van der Waals surface area contributed by atoms with Gasteiger partial charge < -0.3 is 9.67 Å². The lowest BCUT2D eigenvalue weighted by atomic mass is 10.0. The van der Waals surface area contributed by atoms with Crippen molar-refractivity contribution in [1.29, 1.82) is 0 Å². The number of nitrogens with zero attached hydrogens (tertiary/aromatic N) is 1. The molecule has 106 valence electrons. The number of aryl methyl sites for hydroxylation is 1. The van der Waals surface area contributed by atoms with Crippen LogP contribution in [0.5, 0.6) is 0 Å². The SMILES string of the molecule is Cc1cccc2c1ccn2Cc1ccccc1CC(=O)O. The number of fused-ring (bicyclic) bond motifs is 1. The molecular formula is C18H17NO2. The summed E-state index contributed by atoms with van der Waals surface area (Å²) in [5.74, 6) is -0.796. The van der Waals surface area contributed by atoms with Gasteiger partial charge >= 0.3 is 5.97 Å². The van der Waals surface area contributed by atoms with E-state index >= 15 is 0 Å². The summed E-state index contributed by atoms with van der Waals surface area (Å²) in [5, 5.41) is 10.3. The number of carboxylic acid groups (broad SMARTS) is 1. The molecule has 0 atom stereocenters. The molecule has 0 unspecified atom stereocenters. The highest BCUT2D eigenvalue weighted by atomic mass is 16.4. The summed E-state index contributed by atoms with van der Waals surface area (Å²) < 4.78 is 2.17. The first-order valence-electron chi connectivity index (χ1n) is 6.98. The fourth-order valence-corrected chi connectivity index (χ4v) is 2.75. The number of benzene rings is 2. The molecule has 0 saturated carbocycles. The van der Waals surface area contributed by atoms with Gasteiger partial charge in [0.2, 0.25) is 0 Å². The Morgan fingerprint density at radius 3 is 2.57 bits per heavy atom. The van der Waals surface area contributed by atoms with Crippen LogP contribution in [0.1, 0.15) is 16.7 Å². The zero-order chi connectivity index (χ0) is 14.8. The topological polar surface area (TPSA) is 42.2 Å². The Labute approximate surface area is 123 Å². The number of carbonyl (C=O) groups is 1. The monoisotopic (exact) mass is 279 g/mol. The molecule has 0 aliphatic heterocycles. The van der Waals surface area contributed by atoms with Crippen molar-refractivity contribution < 1.29 is 9.90 Å². The van der Waals surface area contributed by atoms with E-state index in [1.165, 1.54) is 16.5 Å². The highest BCUT2D eigenvalue weighted by Crippen LogP contribution is 2.21. The fourth-order valence-electron chi connectivity index (χ4n) is 2.75. The second kappa shape index (κ2) is 5.44. The maximum atomic E-state index is 11.0. The van der Waals surface area contributed by atoms with Crippen molar-refractivity contribution in [3.63, 3.8) is 0 Å². The zero-order valence-electron chi connectivity index (χ0n) is 11.9. The molecule has 3 nitrogen and oxygen atoms in total. The molecule has 0 fully saturated rings. The van der Waals surface area contributed by atoms with Crippen LogP contribution >= 0.6 is 0 Å². The number of hydrogen-bond acceptors (Lipinski definition) is 1. The van der Waals surface area contributed by atoms with Gasteiger partial charge in [-0.15, -0.1) is 0 Å². The Balaban J connectivity index is 1.99. The van der Waals surface area contributed by atoms with Crippen molar-refractivity contribution in [2.75, 3.05) is 0 Å². The Bertz CT molecular complexity index is 802. The lowest BCUT2D eigenvalue weighted by Gasteiger charge is -2.10. The van der Waals surface area contributed by atoms with Gasteiger partial charge in [-0.1, -0.05) is 36.4 Å². The smallest absolute Gasteiger partial charge is 0.307 e. The van der Waals surface area contributed by atoms with Crippen LogP contribution in [0.15, 0.2) is 54.7 Å². The molecule has 1 heterocycles. The van der Waals surface area contributed by atoms with Crippen molar-refractivity contribution in [2.45, 2.75) is 19.9 Å². The maximum absolute atomic E-state index is 11.0. The molecule has 0 aliphatic carbocycles. The third-order valence-electron chi connectivity index (χ3n) is 3.83. The van der Waals surface area contributed by atoms with Crippen molar-refractivity contribution in [3.8, 4) is 0 Å². The summed E-state index contributed by atoms with van der Waals surface area (Å²) in [6.07, 6.45) is 2.13. The Morgan fingerprint density at radius 1 is 1.05 bits per heavy atom. The third-order valence-corrected chi connectivity index (χ3v) is 3.83. The normalized spacial score (nSPS) is 10.9. The molecule has 0 bridgehead atoms. The van der Waals surface area contributed by atoms with E-state index in [1.807, 2.05) is 24.3 Å². The molecule has 0 spiro atoms. The first-order valence-corrected chi connectivity index (χ1v) is 6.98. The first-order chi connectivity index (χ1) is 10.1. The van der Waals surface area contributed by atoms with Gasteiger partial charge in [0.25, 0.3) is 0 Å². The second-order valence-electron chi connectivity index (χ2n) is 5.29. The maximum Gasteiger partial charge on any atom is 0.307 e. The number of hydrogen-bond donors (Lipinski definition) is 1. The molecule has 21 heavy (non-hydrogen) atoms. The van der Waals surface area contributed by atoms with E-state index in [0.29, 0.717) is 6.54 Å². The van der Waals surface area contributed by atoms with E-state index < -0.39 is 5.97 Å². The van der Waals surface area contributed by atoms with Crippen molar-refractivity contribution >= 4 is 16.9 Å². The molecular weight excluding hydrogens is 262 g/mol. The van der Waals surface area contributed by atoms with Gasteiger partial charge in [0.15, 0.2) is 0 Å². The molecule has 1 N–H and O–H groups in total. The summed E-state index contributed by atoms with van der Waals surface area (Å²) in [6.45, 7) is 2.79. The molecule has 1 aromatic heterocycles. The van der Waals surface area contributed by atoms with Gasteiger partial charge in [-0.05, 0) is 35.7 Å². The number of rotatable bonds is 4. The predicted octanol–water partition coefficient (Wildman–Crippen LogP) is 3.63. The minimum Gasteiger partial charge on any atom is -0.481 e. The lowest BCUT2D eigenvalue weighted by molar-refractivity contribution is -0.136. The van der Waals surface area contributed by atoms with Gasteiger partial charge in [-0.25, -0.2) is 0 Å². The van der Waals surface area contributed by atoms with Crippen LogP contribution in [-0.4, -0.2) is 15.6 Å². The van der Waals surface area contributed by atoms with E-state index in [1.54, 1.807) is 0 Å². The summed E-state index contributed by atoms with van der Waals surface area (Å²) in [5.41, 5.74) is 4.36. The molecule has 3 aromatic rings. The van der Waals surface area contributed by atoms with E-state index in [9.17, 15) is 4.79 Å². The third kappa shape index (κ3) is 2.68. The summed E-state index contributed by atoms with van der Waals surface area (Å²) in [7, 11) is 0. The highest BCUT2D eigenvalue weighted by Gasteiger charge is 2.08. The van der Waals surface area contributed by atoms with Gasteiger partial charge in [0.1, 0.15) is 0 Å². The van der Waals surface area contributed by atoms with Crippen LogP contribution in [0, 0.1) is 6.92 Å². The van der Waals surface area contributed by atoms with E-state index in [0.717, 1.165) is 11.1 Å². The number of aromatic nitrogens is 1. The van der Waals surface area contributed by atoms with Crippen LogP contribution in [0.25, 0.3) is 10.9 Å². The van der Waals surface area contributed by atoms with Crippen LogP contribution in [0.2, 0.25) is 0 Å². The van der Waals surface area contributed by atoms with Crippen LogP contribution in [0.4, 0.5) is 0 Å². The largest absolute Gasteiger partial charge is 0.481 e. The number of aliphatic carboxylic acids is 1. The van der Waals surface area contributed by atoms with Crippen LogP contribution in [-0.2, 0) is 17.8 Å². The summed E-state index contributed by atoms with van der Waals surface area (Å²) in [6, 6.07) is 16.1. The molecule has 0 saturated heterocycles. The molecule has 3 heteroatoms. The minimum atomic E-state index is -0.796. The molecule has 3 rings (SSSR count). The molecule has 0 aliphatic rings. The van der Waals surface area contributed by atoms with Crippen molar-refractivity contribution in [3.05, 3.63) is 71.4 Å². The zero-order valence-corrected chi connectivity index (χ0v) is 11.9. The van der Waals surface area contributed by atoms with Crippen LogP contribution in [0.3, 0.4) is 0 Å². The van der Waals surface area contributed by atoms with Crippen molar-refractivity contribution in [2.24, 2.45) is 0 Å². The average Bonchev–Trinajstić information content (AvgIpc) is 2.85. The van der Waals surface area contributed by atoms with E-state index in [-0.39, 0.29) is 6.42 Å². The van der Waals surface area contributed by atoms with Crippen molar-refractivity contribution in [1.82, 2.24) is 4.57 Å². The van der Waals surface area contributed by atoms with Crippen LogP contribution < -0.4 is 0 Å². The van der Waals surface area contributed by atoms with Gasteiger partial charge in [-0.2, -0.15) is 0 Å². The summed E-state index contributed by atoms with van der Waals surface area (Å²) >= 11 is 0. The average molecular weight is 279 g/mol. The van der Waals surface area contributed by atoms with Gasteiger partial charge in [-0.3, -0.25) is 4.79 Å². The summed E-state index contributed by atoms with van der Waals surface area (Å²) in [4.78, 5) is 11.0. The molecule has 0 radical (unpaired) electrons. The molecule has 0 amide bonds. The Morgan fingerprint density at radius 2 is 1.81 bits per heavy atom. The lowest BCUT2D eigenvalue weighted by Crippen LogP contribution is -2.06. The first kappa shape index (κ1) is 13.4. The quantitative estimate of drug-likeness (QED) is 0.792. The van der Waals surface area contributed by atoms with Gasteiger partial charge in [0.05, 0.1) is 6.42 Å². The minimum absolute atomic E-state index is 0.0639. The van der Waals surface area contributed by atoms with E-state index in [2.05, 4.69) is 42.0 Å². The standard InChI is InChI=1S/C18H17NO2/c1-13-5-4-8-17-16(13)9-10-19(17)12-15-7-3-2-6-14(15)11-18(20)21/h2-10H,11-12H2,1H3,(H,20,21). The van der Waals surface area contributed by atoms with Gasteiger partial charge in [0, 0.05) is 23.6 Å².